The van der Waals surface area contributed by atoms with E-state index in [2.05, 4.69) is 33.3 Å². The normalized spacial score (nSPS) is 27.7. The average molecular weight is 1800 g/mol. The Labute approximate surface area is 752 Å². The van der Waals surface area contributed by atoms with Crippen molar-refractivity contribution >= 4 is 88.7 Å². The van der Waals surface area contributed by atoms with E-state index in [4.69, 9.17) is 47.9 Å². The van der Waals surface area contributed by atoms with E-state index in [0.29, 0.717) is 121 Å². The number of carbonyl (C=O) groups is 8. The Morgan fingerprint density at radius 2 is 0.898 bits per heavy atom. The minimum absolute atomic E-state index is 0.00391. The molecule has 2 aromatic carbocycles. The summed E-state index contributed by atoms with van der Waals surface area (Å²) >= 11 is 0. The standard InChI is InChI=1S/2C49H64N4O10S/c2*1-29(2)61-42-17-14-32(27-50-42)39-22-33-21-35(60-9)15-16-37(33)44(51-39)62-36-23-40-41(54)26-49(46(57)52-64(58,59)48(8)18-19-48)25-34(49)13-11-10-12-30(3)20-31(4)38(45(56)53(40)28-36)24-43(55)63-47(5,6)7/h2*11,13-17,21-22,27,29-31,34,36,38,40H,10,12,18-20,23-26,28H2,1-9H3,(H,52,57)/b2*13-11-/t30-,31+,34+,36?,38-,40-,49+;30-,31-,34-,36?,38+,40+,49-/m01/s1. The second-order valence-electron chi connectivity index (χ2n) is 40.3. The summed E-state index contributed by atoms with van der Waals surface area (Å²) in [6, 6.07) is 20.1. The number of ether oxygens (including phenoxy) is 8. The Balaban J connectivity index is 0.000000219. The van der Waals surface area contributed by atoms with Gasteiger partial charge in [0.15, 0.2) is 11.6 Å². The third kappa shape index (κ3) is 22.3. The summed E-state index contributed by atoms with van der Waals surface area (Å²) in [6.07, 6.45) is 15.7. The molecule has 128 heavy (non-hydrogen) atoms. The SMILES string of the molecule is COc1ccc2c(OC3C[C@H]4C(=O)C[C@]5(C(=O)NS(=O)(=O)C6(C)CC6)C[C@H]5/C=C\CC[C@@H](C)C[C@@H](C)[C@H](CC(=O)OC(C)(C)C)C(=O)N4C3)nc(-c3ccc(OC(C)C)nc3)cc2c1.COc1ccc2c(OC3C[C@H]4C(=O)C[C@]5(C(=O)NS(=O)(=O)C6(C)CC6)C[C@H]5/C=C\CC[C@H](C)C[C@@H](C)[C@H](CC(=O)OC(C)(C)C)C(=O)N4C3)nc(-c3ccc(OC(C)C)nc3)cc2c1. The van der Waals surface area contributed by atoms with Crippen LogP contribution in [0.5, 0.6) is 35.0 Å². The summed E-state index contributed by atoms with van der Waals surface area (Å²) in [5.74, 6) is -3.61. The molecule has 4 saturated carbocycles. The zero-order valence-corrected chi connectivity index (χ0v) is 78.9. The molecular formula is C98H128N8O20S2. The van der Waals surface area contributed by atoms with Crippen LogP contribution in [0, 0.1) is 58.2 Å². The van der Waals surface area contributed by atoms with Gasteiger partial charge in [-0.05, 0) is 267 Å². The number of nitrogens with zero attached hydrogens (tertiary/aromatic N) is 6. The number of nitrogens with one attached hydrogen (secondary N) is 2. The van der Waals surface area contributed by atoms with Gasteiger partial charge in [0.2, 0.25) is 67.2 Å². The summed E-state index contributed by atoms with van der Waals surface area (Å²) < 4.78 is 104. The molecule has 4 aliphatic carbocycles. The summed E-state index contributed by atoms with van der Waals surface area (Å²) in [5, 5.41) is 2.91. The van der Waals surface area contributed by atoms with Crippen molar-refractivity contribution in [2.24, 2.45) is 58.2 Å². The van der Waals surface area contributed by atoms with Gasteiger partial charge >= 0.3 is 11.9 Å². The van der Waals surface area contributed by atoms with Gasteiger partial charge in [-0.15, -0.1) is 0 Å². The third-order valence-corrected chi connectivity index (χ3v) is 30.9. The number of allylic oxidation sites excluding steroid dienone is 4. The highest BCUT2D eigenvalue weighted by atomic mass is 32.2. The van der Waals surface area contributed by atoms with E-state index in [1.54, 1.807) is 106 Å². The summed E-state index contributed by atoms with van der Waals surface area (Å²) in [6.45, 7) is 29.8. The molecule has 4 aromatic heterocycles. The zero-order chi connectivity index (χ0) is 92.7. The lowest BCUT2D eigenvalue weighted by Gasteiger charge is -2.32. The predicted molar refractivity (Wildman–Crippen MR) is 484 cm³/mol. The van der Waals surface area contributed by atoms with Crippen LogP contribution in [-0.2, 0) is 67.9 Å². The smallest absolute Gasteiger partial charge is 0.307 e. The topological polar surface area (TPSA) is 361 Å². The Morgan fingerprint density at radius 1 is 0.523 bits per heavy atom. The van der Waals surface area contributed by atoms with Gasteiger partial charge in [-0.2, -0.15) is 0 Å². The number of carbonyl (C=O) groups excluding carboxylic acids is 8. The first-order valence-electron chi connectivity index (χ1n) is 45.3. The first-order valence-corrected chi connectivity index (χ1v) is 48.3. The molecule has 2 unspecified atom stereocenters. The van der Waals surface area contributed by atoms with Crippen molar-refractivity contribution in [2.45, 2.75) is 284 Å². The molecule has 2 saturated heterocycles. The van der Waals surface area contributed by atoms with Crippen LogP contribution in [-0.4, -0.2) is 178 Å². The van der Waals surface area contributed by atoms with Gasteiger partial charge in [0, 0.05) is 72.1 Å². The molecular weight excluding hydrogens is 1670 g/mol. The summed E-state index contributed by atoms with van der Waals surface area (Å²) in [5.41, 5.74) is -1.61. The predicted octanol–water partition coefficient (Wildman–Crippen LogP) is 15.5. The van der Waals surface area contributed by atoms with Crippen molar-refractivity contribution in [2.75, 3.05) is 27.3 Å². The Kier molecular flexibility index (Phi) is 28.2. The fourth-order valence-electron chi connectivity index (χ4n) is 18.4. The number of ketones is 2. The number of aromatic nitrogens is 4. The minimum atomic E-state index is -3.99. The van der Waals surface area contributed by atoms with E-state index in [-0.39, 0.29) is 134 Å². The number of fused-ring (bicyclic) bond motifs is 6. The molecule has 692 valence electrons. The number of methoxy groups -OCH3 is 2. The van der Waals surface area contributed by atoms with Gasteiger partial charge in [0.05, 0.1) is 108 Å². The maximum atomic E-state index is 15.1. The Bertz CT molecular complexity index is 5150. The summed E-state index contributed by atoms with van der Waals surface area (Å²) in [4.78, 5) is 137. The number of sulfonamides is 2. The minimum Gasteiger partial charge on any atom is -0.497 e. The molecule has 0 spiro atoms. The number of amides is 4. The van der Waals surface area contributed by atoms with Crippen molar-refractivity contribution < 1.29 is 93.1 Å². The first kappa shape index (κ1) is 95.5. The molecule has 0 radical (unpaired) electrons. The lowest BCUT2D eigenvalue weighted by atomic mass is 9.82. The van der Waals surface area contributed by atoms with Crippen LogP contribution in [0.25, 0.3) is 44.1 Å². The molecule has 6 aromatic rings. The molecule has 0 bridgehead atoms. The largest absolute Gasteiger partial charge is 0.497 e. The summed E-state index contributed by atoms with van der Waals surface area (Å²) in [7, 11) is -4.80. The van der Waals surface area contributed by atoms with Crippen LogP contribution < -0.4 is 37.9 Å². The van der Waals surface area contributed by atoms with Gasteiger partial charge in [0.25, 0.3) is 0 Å². The lowest BCUT2D eigenvalue weighted by molar-refractivity contribution is -0.160. The third-order valence-electron chi connectivity index (χ3n) is 26.5. The highest BCUT2D eigenvalue weighted by Gasteiger charge is 2.65. The average Bonchev–Trinajstić information content (AvgIpc) is 1.57. The van der Waals surface area contributed by atoms with E-state index >= 15 is 9.59 Å². The van der Waals surface area contributed by atoms with Gasteiger partial charge < -0.3 is 47.7 Å². The van der Waals surface area contributed by atoms with E-state index < -0.39 is 111 Å². The molecule has 14 rings (SSSR count). The zero-order valence-electron chi connectivity index (χ0n) is 77.3. The number of hydrogen-bond acceptors (Lipinski definition) is 24. The molecule has 6 fully saturated rings. The van der Waals surface area contributed by atoms with E-state index in [1.807, 2.05) is 114 Å². The van der Waals surface area contributed by atoms with Crippen LogP contribution in [0.1, 0.15) is 226 Å². The Morgan fingerprint density at radius 3 is 1.23 bits per heavy atom. The van der Waals surface area contributed by atoms with E-state index in [0.717, 1.165) is 23.6 Å². The molecule has 4 amide bonds. The molecule has 14 atom stereocenters. The monoisotopic (exact) mass is 1800 g/mol. The van der Waals surface area contributed by atoms with Crippen LogP contribution in [0.3, 0.4) is 0 Å². The van der Waals surface area contributed by atoms with E-state index in [1.165, 1.54) is 9.80 Å². The number of Topliss-reactive ketones (excluding diaryl/α,β-unsaturated/α-hetero) is 2. The van der Waals surface area contributed by atoms with Crippen LogP contribution in [0.2, 0.25) is 0 Å². The highest BCUT2D eigenvalue weighted by Crippen LogP contribution is 2.60. The van der Waals surface area contributed by atoms with Crippen molar-refractivity contribution in [1.29, 1.82) is 0 Å². The van der Waals surface area contributed by atoms with Gasteiger partial charge in [0.1, 0.15) is 34.9 Å². The molecule has 28 nitrogen and oxygen atoms in total. The van der Waals surface area contributed by atoms with Gasteiger partial charge in [-0.1, -0.05) is 52.0 Å². The first-order chi connectivity index (χ1) is 60.2. The highest BCUT2D eigenvalue weighted by molar-refractivity contribution is 7.92. The second-order valence-corrected chi connectivity index (χ2v) is 44.7. The van der Waals surface area contributed by atoms with E-state index in [9.17, 15) is 45.6 Å². The number of hydrogen-bond donors (Lipinski definition) is 2. The second kappa shape index (κ2) is 37.8. The maximum absolute atomic E-state index is 15.1. The Hall–Kier alpha value is -10.1. The fraction of sp³-hybridized carbons (Fsp3) is 0.592. The van der Waals surface area contributed by atoms with Crippen LogP contribution in [0.4, 0.5) is 0 Å². The lowest BCUT2D eigenvalue weighted by Crippen LogP contribution is -2.48. The maximum Gasteiger partial charge on any atom is 0.307 e. The molecule has 4 aliphatic heterocycles. The van der Waals surface area contributed by atoms with Gasteiger partial charge in [-0.25, -0.2) is 36.8 Å². The molecule has 8 aliphatic rings. The van der Waals surface area contributed by atoms with Crippen LogP contribution >= 0.6 is 0 Å². The fourth-order valence-corrected chi connectivity index (χ4v) is 21.1. The number of benzene rings is 2. The quantitative estimate of drug-likeness (QED) is 0.0471. The van der Waals surface area contributed by atoms with Crippen molar-refractivity contribution in [1.82, 2.24) is 39.2 Å². The number of esters is 2. The van der Waals surface area contributed by atoms with Crippen LogP contribution in [0.15, 0.2) is 109 Å². The van der Waals surface area contributed by atoms with Gasteiger partial charge in [-0.3, -0.25) is 47.8 Å². The molecule has 8 heterocycles. The number of pyridine rings is 4. The molecule has 30 heteroatoms. The van der Waals surface area contributed by atoms with Crippen molar-refractivity contribution in [3.63, 3.8) is 0 Å². The van der Waals surface area contributed by atoms with Crippen molar-refractivity contribution in [3.8, 4) is 57.5 Å². The number of rotatable bonds is 22. The van der Waals surface area contributed by atoms with Crippen molar-refractivity contribution in [3.05, 3.63) is 109 Å². The molecule has 2 N–H and O–H groups in total.